The van der Waals surface area contributed by atoms with E-state index >= 15 is 0 Å². The minimum atomic E-state index is 0.526. The van der Waals surface area contributed by atoms with E-state index in [4.69, 9.17) is 0 Å². The molecule has 1 saturated carbocycles. The van der Waals surface area contributed by atoms with Crippen LogP contribution in [0.1, 0.15) is 38.4 Å². The first kappa shape index (κ1) is 13.2. The second kappa shape index (κ2) is 6.13. The van der Waals surface area contributed by atoms with Crippen molar-refractivity contribution in [2.75, 3.05) is 0 Å². The first-order valence-electron chi connectivity index (χ1n) is 7.40. The van der Waals surface area contributed by atoms with Gasteiger partial charge in [0.25, 0.3) is 0 Å². The highest BCUT2D eigenvalue weighted by Gasteiger charge is 2.21. The number of rotatable bonds is 5. The Balaban J connectivity index is 1.65. The van der Waals surface area contributed by atoms with Crippen molar-refractivity contribution >= 4 is 0 Å². The zero-order chi connectivity index (χ0) is 13.8. The van der Waals surface area contributed by atoms with E-state index in [9.17, 15) is 0 Å². The van der Waals surface area contributed by atoms with Crippen LogP contribution in [0, 0.1) is 5.92 Å². The topological polar surface area (TPSA) is 55.6 Å². The zero-order valence-corrected chi connectivity index (χ0v) is 11.9. The van der Waals surface area contributed by atoms with Crippen molar-refractivity contribution in [2.24, 2.45) is 5.92 Å². The Morgan fingerprint density at radius 1 is 1.25 bits per heavy atom. The first-order chi connectivity index (χ1) is 9.84. The van der Waals surface area contributed by atoms with Gasteiger partial charge in [0, 0.05) is 6.04 Å². The first-order valence-corrected chi connectivity index (χ1v) is 7.40. The maximum absolute atomic E-state index is 4.13. The van der Waals surface area contributed by atoms with E-state index in [0.717, 1.165) is 17.4 Å². The molecule has 1 aliphatic rings. The van der Waals surface area contributed by atoms with Crippen molar-refractivity contribution in [3.05, 3.63) is 36.2 Å². The number of tetrazole rings is 1. The predicted octanol–water partition coefficient (Wildman–Crippen LogP) is 2.33. The second-order valence-electron chi connectivity index (χ2n) is 5.56. The molecule has 3 rings (SSSR count). The second-order valence-corrected chi connectivity index (χ2v) is 5.56. The van der Waals surface area contributed by atoms with Crippen LogP contribution in [0.3, 0.4) is 0 Å². The van der Waals surface area contributed by atoms with Crippen molar-refractivity contribution in [3.63, 3.8) is 0 Å². The van der Waals surface area contributed by atoms with Crippen LogP contribution >= 0.6 is 0 Å². The number of hydrogen-bond acceptors (Lipinski definition) is 4. The summed E-state index contributed by atoms with van der Waals surface area (Å²) in [6.07, 6.45) is 5.44. The zero-order valence-electron chi connectivity index (χ0n) is 11.9. The van der Waals surface area contributed by atoms with Crippen LogP contribution in [0.4, 0.5) is 0 Å². The smallest absolute Gasteiger partial charge is 0.170 e. The van der Waals surface area contributed by atoms with Gasteiger partial charge in [0.15, 0.2) is 5.82 Å². The molecule has 0 amide bonds. The molecule has 106 valence electrons. The highest BCUT2D eigenvalue weighted by Crippen LogP contribution is 2.27. The fraction of sp³-hybridized carbons (Fsp3) is 0.533. The van der Waals surface area contributed by atoms with E-state index < -0.39 is 0 Å². The number of benzene rings is 1. The molecule has 1 aromatic heterocycles. The standard InChI is InChI=1S/C15H21N5/c1-12(13-7-5-6-8-13)16-11-15-17-18-19-20(15)14-9-3-2-4-10-14/h2-4,9-10,12-13,16H,5-8,11H2,1H3/t12-/m0/s1. The van der Waals surface area contributed by atoms with Gasteiger partial charge in [-0.1, -0.05) is 31.0 Å². The molecule has 20 heavy (non-hydrogen) atoms. The van der Waals surface area contributed by atoms with Gasteiger partial charge < -0.3 is 5.32 Å². The van der Waals surface area contributed by atoms with Gasteiger partial charge in [-0.3, -0.25) is 0 Å². The molecule has 0 saturated heterocycles. The SMILES string of the molecule is C[C@H](NCc1nnnn1-c1ccccc1)C1CCCC1. The van der Waals surface area contributed by atoms with Gasteiger partial charge in [0.05, 0.1) is 12.2 Å². The van der Waals surface area contributed by atoms with E-state index in [2.05, 4.69) is 27.8 Å². The lowest BCUT2D eigenvalue weighted by molar-refractivity contribution is 0.375. The predicted molar refractivity (Wildman–Crippen MR) is 77.4 cm³/mol. The van der Waals surface area contributed by atoms with E-state index in [1.54, 1.807) is 4.68 Å². The Bertz CT molecular complexity index is 530. The van der Waals surface area contributed by atoms with Crippen molar-refractivity contribution in [2.45, 2.75) is 45.2 Å². The molecule has 1 heterocycles. The molecule has 1 N–H and O–H groups in total. The van der Waals surface area contributed by atoms with E-state index in [-0.39, 0.29) is 0 Å². The van der Waals surface area contributed by atoms with Gasteiger partial charge in [0.1, 0.15) is 0 Å². The lowest BCUT2D eigenvalue weighted by Crippen LogP contribution is -2.32. The molecule has 0 bridgehead atoms. The highest BCUT2D eigenvalue weighted by molar-refractivity contribution is 5.30. The average molecular weight is 271 g/mol. The summed E-state index contributed by atoms with van der Waals surface area (Å²) in [6.45, 7) is 2.98. The molecule has 1 fully saturated rings. The van der Waals surface area contributed by atoms with Crippen molar-refractivity contribution in [1.82, 2.24) is 25.5 Å². The maximum atomic E-state index is 4.13. The Morgan fingerprint density at radius 2 is 2.00 bits per heavy atom. The fourth-order valence-electron chi connectivity index (χ4n) is 2.96. The Labute approximate surface area is 119 Å². The fourth-order valence-corrected chi connectivity index (χ4v) is 2.96. The summed E-state index contributed by atoms with van der Waals surface area (Å²) in [5, 5.41) is 15.6. The summed E-state index contributed by atoms with van der Waals surface area (Å²) in [5.74, 6) is 1.66. The summed E-state index contributed by atoms with van der Waals surface area (Å²) < 4.78 is 1.80. The van der Waals surface area contributed by atoms with Gasteiger partial charge in [0.2, 0.25) is 0 Å². The molecule has 0 aliphatic heterocycles. The molecule has 5 heteroatoms. The Morgan fingerprint density at radius 3 is 2.75 bits per heavy atom. The normalized spacial score (nSPS) is 17.4. The summed E-state index contributed by atoms with van der Waals surface area (Å²) >= 11 is 0. The summed E-state index contributed by atoms with van der Waals surface area (Å²) in [4.78, 5) is 0. The third kappa shape index (κ3) is 2.88. The Hall–Kier alpha value is -1.75. The summed E-state index contributed by atoms with van der Waals surface area (Å²) in [5.41, 5.74) is 1.00. The van der Waals surface area contributed by atoms with Gasteiger partial charge in [-0.15, -0.1) is 5.10 Å². The lowest BCUT2D eigenvalue weighted by Gasteiger charge is -2.19. The molecule has 1 atom stereocenters. The quantitative estimate of drug-likeness (QED) is 0.907. The van der Waals surface area contributed by atoms with E-state index in [0.29, 0.717) is 12.6 Å². The van der Waals surface area contributed by atoms with Gasteiger partial charge in [-0.25, -0.2) is 0 Å². The van der Waals surface area contributed by atoms with Crippen LogP contribution in [0.5, 0.6) is 0 Å². The van der Waals surface area contributed by atoms with Crippen LogP contribution in [-0.4, -0.2) is 26.2 Å². The molecule has 1 aliphatic carbocycles. The van der Waals surface area contributed by atoms with Crippen LogP contribution < -0.4 is 5.32 Å². The average Bonchev–Trinajstić information content (AvgIpc) is 3.17. The minimum Gasteiger partial charge on any atom is -0.307 e. The lowest BCUT2D eigenvalue weighted by atomic mass is 10.00. The molecule has 0 radical (unpaired) electrons. The van der Waals surface area contributed by atoms with Crippen molar-refractivity contribution in [3.8, 4) is 5.69 Å². The number of aromatic nitrogens is 4. The van der Waals surface area contributed by atoms with Crippen molar-refractivity contribution in [1.29, 1.82) is 0 Å². The minimum absolute atomic E-state index is 0.526. The van der Waals surface area contributed by atoms with Crippen LogP contribution in [0.2, 0.25) is 0 Å². The highest BCUT2D eigenvalue weighted by atomic mass is 15.5. The molecular weight excluding hydrogens is 250 g/mol. The number of hydrogen-bond donors (Lipinski definition) is 1. The third-order valence-corrected chi connectivity index (χ3v) is 4.22. The van der Waals surface area contributed by atoms with E-state index in [1.165, 1.54) is 25.7 Å². The summed E-state index contributed by atoms with van der Waals surface area (Å²) in [7, 11) is 0. The number of para-hydroxylation sites is 1. The summed E-state index contributed by atoms with van der Waals surface area (Å²) in [6, 6.07) is 10.5. The number of nitrogens with one attached hydrogen (secondary N) is 1. The van der Waals surface area contributed by atoms with E-state index in [1.807, 2.05) is 30.3 Å². The third-order valence-electron chi connectivity index (χ3n) is 4.22. The molecule has 1 aromatic carbocycles. The Kier molecular flexibility index (Phi) is 4.06. The number of nitrogens with zero attached hydrogens (tertiary/aromatic N) is 4. The van der Waals surface area contributed by atoms with Crippen LogP contribution in [-0.2, 0) is 6.54 Å². The maximum Gasteiger partial charge on any atom is 0.170 e. The van der Waals surface area contributed by atoms with Crippen LogP contribution in [0.15, 0.2) is 30.3 Å². The molecule has 2 aromatic rings. The van der Waals surface area contributed by atoms with Gasteiger partial charge in [-0.05, 0) is 48.2 Å². The monoisotopic (exact) mass is 271 g/mol. The van der Waals surface area contributed by atoms with Crippen LogP contribution in [0.25, 0.3) is 5.69 Å². The molecule has 0 spiro atoms. The van der Waals surface area contributed by atoms with Crippen molar-refractivity contribution < 1.29 is 0 Å². The molecule has 5 nitrogen and oxygen atoms in total. The van der Waals surface area contributed by atoms with Gasteiger partial charge >= 0.3 is 0 Å². The molecular formula is C15H21N5. The van der Waals surface area contributed by atoms with Gasteiger partial charge in [-0.2, -0.15) is 4.68 Å². The largest absolute Gasteiger partial charge is 0.307 e. The molecule has 0 unspecified atom stereocenters.